The summed E-state index contributed by atoms with van der Waals surface area (Å²) >= 11 is 0. The van der Waals surface area contributed by atoms with Crippen LogP contribution in [0.3, 0.4) is 0 Å². The Kier molecular flexibility index (Phi) is 4.07. The second kappa shape index (κ2) is 5.75. The topological polar surface area (TPSA) is 38.5 Å². The molecule has 4 heteroatoms. The van der Waals surface area contributed by atoms with Crippen LogP contribution in [0, 0.1) is 5.21 Å². The van der Waals surface area contributed by atoms with Crippen molar-refractivity contribution in [2.24, 2.45) is 0 Å². The summed E-state index contributed by atoms with van der Waals surface area (Å²) in [6.45, 7) is 4.12. The molecule has 1 fully saturated rings. The zero-order chi connectivity index (χ0) is 12.1. The van der Waals surface area contributed by atoms with E-state index < -0.39 is 0 Å². The van der Waals surface area contributed by atoms with Crippen molar-refractivity contribution in [3.63, 3.8) is 0 Å². The largest absolute Gasteiger partial charge is 0.622 e. The zero-order valence-electron chi connectivity index (χ0n) is 10.2. The molecule has 1 heterocycles. The van der Waals surface area contributed by atoms with E-state index in [1.54, 1.807) is 0 Å². The zero-order valence-corrected chi connectivity index (χ0v) is 10.2. The van der Waals surface area contributed by atoms with Gasteiger partial charge in [0.15, 0.2) is 5.88 Å². The summed E-state index contributed by atoms with van der Waals surface area (Å²) in [4.78, 5) is 2.27. The minimum absolute atomic E-state index is 0.0110. The summed E-state index contributed by atoms with van der Waals surface area (Å²) in [6.07, 6.45) is 12.4. The molecule has 1 saturated carbocycles. The Morgan fingerprint density at radius 2 is 2.18 bits per heavy atom. The lowest BCUT2D eigenvalue weighted by Crippen LogP contribution is -2.38. The average molecular weight is 236 g/mol. The second-order valence-corrected chi connectivity index (χ2v) is 4.63. The van der Waals surface area contributed by atoms with Crippen molar-refractivity contribution in [1.29, 1.82) is 0 Å². The van der Waals surface area contributed by atoms with Crippen LogP contribution in [-0.2, 0) is 4.74 Å². The van der Waals surface area contributed by atoms with Crippen LogP contribution in [0.4, 0.5) is 0 Å². The van der Waals surface area contributed by atoms with Gasteiger partial charge in [0.05, 0.1) is 0 Å². The monoisotopic (exact) mass is 236 g/mol. The predicted molar refractivity (Wildman–Crippen MR) is 67.5 cm³/mol. The first-order valence-corrected chi connectivity index (χ1v) is 6.29. The first-order chi connectivity index (χ1) is 8.27. The Balaban J connectivity index is 1.96. The highest BCUT2D eigenvalue weighted by atomic mass is 16.6. The molecule has 0 unspecified atom stereocenters. The van der Waals surface area contributed by atoms with Gasteiger partial charge in [0.2, 0.25) is 0 Å². The summed E-state index contributed by atoms with van der Waals surface area (Å²) in [5.74, 6) is 0.809. The van der Waals surface area contributed by atoms with Gasteiger partial charge in [0.25, 0.3) is 6.73 Å². The van der Waals surface area contributed by atoms with Crippen molar-refractivity contribution in [2.75, 3.05) is 13.3 Å². The van der Waals surface area contributed by atoms with Crippen molar-refractivity contribution in [3.05, 3.63) is 29.3 Å². The van der Waals surface area contributed by atoms with Crippen molar-refractivity contribution >= 4 is 6.72 Å². The molecule has 2 aliphatic rings. The van der Waals surface area contributed by atoms with Crippen LogP contribution in [0.1, 0.15) is 32.1 Å². The molecule has 0 atom stereocenters. The molecule has 0 bridgehead atoms. The molecule has 0 N–H and O–H groups in total. The Hall–Kier alpha value is -1.45. The van der Waals surface area contributed by atoms with E-state index in [1.165, 1.54) is 32.1 Å². The Bertz CT molecular complexity index is 330. The summed E-state index contributed by atoms with van der Waals surface area (Å²) in [7, 11) is 0. The fourth-order valence-corrected chi connectivity index (χ4v) is 2.50. The molecule has 1 aliphatic carbocycles. The van der Waals surface area contributed by atoms with Gasteiger partial charge in [0.1, 0.15) is 6.72 Å². The number of allylic oxidation sites excluding steroid dienone is 2. The number of nitrogens with zero attached hydrogens (tertiary/aromatic N) is 2. The number of rotatable bonds is 4. The Morgan fingerprint density at radius 1 is 1.41 bits per heavy atom. The number of ether oxygens (including phenoxy) is 1. The van der Waals surface area contributed by atoms with Gasteiger partial charge in [-0.1, -0.05) is 31.4 Å². The predicted octanol–water partition coefficient (Wildman–Crippen LogP) is 2.22. The summed E-state index contributed by atoms with van der Waals surface area (Å²) in [5, 5.41) is 10.8. The van der Waals surface area contributed by atoms with Gasteiger partial charge in [-0.25, -0.2) is 0 Å². The Morgan fingerprint density at radius 3 is 2.88 bits per heavy atom. The van der Waals surface area contributed by atoms with E-state index in [0.29, 0.717) is 10.8 Å². The second-order valence-electron chi connectivity index (χ2n) is 4.63. The lowest BCUT2D eigenvalue weighted by molar-refractivity contribution is -0.495. The standard InChI is InChI=1S/C13H20N2O2/c1-14(16)11-17-13-9-5-6-10-15(13)12-7-3-2-4-8-12/h5-6,9,12H,1-4,7-8,10-11H2. The molecule has 94 valence electrons. The Labute approximate surface area is 102 Å². The molecule has 0 aromatic carbocycles. The summed E-state index contributed by atoms with van der Waals surface area (Å²) in [6, 6.07) is 0.560. The fourth-order valence-electron chi connectivity index (χ4n) is 2.50. The molecule has 0 aromatic rings. The molecule has 0 amide bonds. The van der Waals surface area contributed by atoms with Gasteiger partial charge >= 0.3 is 0 Å². The minimum atomic E-state index is -0.0110. The summed E-state index contributed by atoms with van der Waals surface area (Å²) in [5.41, 5.74) is 0. The van der Waals surface area contributed by atoms with Crippen LogP contribution >= 0.6 is 0 Å². The van der Waals surface area contributed by atoms with Gasteiger partial charge in [-0.05, 0) is 18.9 Å². The number of hydroxylamine groups is 1. The van der Waals surface area contributed by atoms with Gasteiger partial charge in [-0.3, -0.25) is 0 Å². The fraction of sp³-hybridized carbons (Fsp3) is 0.615. The van der Waals surface area contributed by atoms with Crippen LogP contribution in [-0.4, -0.2) is 35.7 Å². The molecule has 1 aliphatic heterocycles. The molecule has 0 aromatic heterocycles. The average Bonchev–Trinajstić information content (AvgIpc) is 2.38. The third-order valence-electron chi connectivity index (χ3n) is 3.33. The first-order valence-electron chi connectivity index (χ1n) is 6.29. The van der Waals surface area contributed by atoms with E-state index >= 15 is 0 Å². The van der Waals surface area contributed by atoms with Gasteiger partial charge in [0, 0.05) is 12.6 Å². The molecule has 17 heavy (non-hydrogen) atoms. The van der Waals surface area contributed by atoms with E-state index in [2.05, 4.69) is 17.7 Å². The van der Waals surface area contributed by atoms with Crippen molar-refractivity contribution < 1.29 is 9.48 Å². The number of hydrogen-bond acceptors (Lipinski definition) is 3. The van der Waals surface area contributed by atoms with E-state index in [1.807, 2.05) is 12.2 Å². The SMILES string of the molecule is C=[N+]([O-])COC1=CC=CCN1C1CCCCC1. The quantitative estimate of drug-likeness (QED) is 0.247. The maximum absolute atomic E-state index is 10.8. The van der Waals surface area contributed by atoms with Crippen LogP contribution < -0.4 is 0 Å². The highest BCUT2D eigenvalue weighted by molar-refractivity contribution is 5.15. The molecular formula is C13H20N2O2. The van der Waals surface area contributed by atoms with Crippen molar-refractivity contribution in [3.8, 4) is 0 Å². The van der Waals surface area contributed by atoms with Gasteiger partial charge in [-0.2, -0.15) is 4.74 Å². The van der Waals surface area contributed by atoms with Gasteiger partial charge in [-0.15, -0.1) is 0 Å². The van der Waals surface area contributed by atoms with Crippen LogP contribution in [0.5, 0.6) is 0 Å². The van der Waals surface area contributed by atoms with E-state index in [4.69, 9.17) is 4.74 Å². The molecule has 2 rings (SSSR count). The third-order valence-corrected chi connectivity index (χ3v) is 3.33. The normalized spacial score (nSPS) is 21.2. The van der Waals surface area contributed by atoms with E-state index in [9.17, 15) is 5.21 Å². The highest BCUT2D eigenvalue weighted by Gasteiger charge is 2.24. The molecule has 0 saturated heterocycles. The smallest absolute Gasteiger partial charge is 0.298 e. The van der Waals surface area contributed by atoms with Crippen LogP contribution in [0.25, 0.3) is 0 Å². The first kappa shape index (κ1) is 12.0. The molecular weight excluding hydrogens is 216 g/mol. The summed E-state index contributed by atoms with van der Waals surface area (Å²) < 4.78 is 6.05. The maximum atomic E-state index is 10.8. The van der Waals surface area contributed by atoms with Crippen molar-refractivity contribution in [1.82, 2.24) is 4.90 Å². The molecule has 0 spiro atoms. The van der Waals surface area contributed by atoms with Crippen LogP contribution in [0.15, 0.2) is 24.1 Å². The molecule has 0 radical (unpaired) electrons. The molecule has 4 nitrogen and oxygen atoms in total. The van der Waals surface area contributed by atoms with Crippen LogP contribution in [0.2, 0.25) is 0 Å². The highest BCUT2D eigenvalue weighted by Crippen LogP contribution is 2.26. The third kappa shape index (κ3) is 3.25. The van der Waals surface area contributed by atoms with Crippen molar-refractivity contribution in [2.45, 2.75) is 38.1 Å². The van der Waals surface area contributed by atoms with E-state index in [-0.39, 0.29) is 6.73 Å². The minimum Gasteiger partial charge on any atom is -0.622 e. The lowest BCUT2D eigenvalue weighted by atomic mass is 9.94. The lowest BCUT2D eigenvalue weighted by Gasteiger charge is -2.36. The maximum Gasteiger partial charge on any atom is 0.298 e. The number of hydrogen-bond donors (Lipinski definition) is 0. The van der Waals surface area contributed by atoms with E-state index in [0.717, 1.165) is 12.4 Å². The van der Waals surface area contributed by atoms with Gasteiger partial charge < -0.3 is 14.8 Å².